The van der Waals surface area contributed by atoms with Gasteiger partial charge in [-0.3, -0.25) is 0 Å². The number of oxime groups is 1. The minimum Gasteiger partial charge on any atom is -0.496 e. The maximum Gasteiger partial charge on any atom is 0.170 e. The molecule has 0 aliphatic rings. The molecular formula is C15H16BrN3O2. The lowest BCUT2D eigenvalue weighted by molar-refractivity contribution is 0.318. The lowest BCUT2D eigenvalue weighted by Gasteiger charge is -2.13. The Morgan fingerprint density at radius 3 is 2.76 bits per heavy atom. The van der Waals surface area contributed by atoms with Gasteiger partial charge in [0.15, 0.2) is 5.84 Å². The maximum absolute atomic E-state index is 8.76. The van der Waals surface area contributed by atoms with Crippen LogP contribution in [-0.4, -0.2) is 18.2 Å². The van der Waals surface area contributed by atoms with E-state index < -0.39 is 0 Å². The summed E-state index contributed by atoms with van der Waals surface area (Å²) in [6.45, 7) is 0.554. The van der Waals surface area contributed by atoms with Crippen LogP contribution < -0.4 is 15.8 Å². The molecule has 2 rings (SSSR count). The maximum atomic E-state index is 8.76. The molecule has 4 N–H and O–H groups in total. The standard InChI is InChI=1S/C15H16BrN3O2/c1-21-14-7-6-10(15(17)19-20)8-11(14)9-18-13-5-3-2-4-12(13)16/h2-8,18,20H,9H2,1H3,(H2,17,19). The van der Waals surface area contributed by atoms with Gasteiger partial charge in [-0.05, 0) is 46.3 Å². The molecule has 0 aliphatic heterocycles. The topological polar surface area (TPSA) is 79.9 Å². The molecule has 2 aromatic carbocycles. The Bertz CT molecular complexity index is 659. The van der Waals surface area contributed by atoms with Gasteiger partial charge in [-0.15, -0.1) is 0 Å². The highest BCUT2D eigenvalue weighted by molar-refractivity contribution is 9.10. The molecule has 0 atom stereocenters. The van der Waals surface area contributed by atoms with Crippen LogP contribution in [0.3, 0.4) is 0 Å². The number of nitrogens with zero attached hydrogens (tertiary/aromatic N) is 1. The SMILES string of the molecule is COc1ccc(/C(N)=N/O)cc1CNc1ccccc1Br. The molecular weight excluding hydrogens is 334 g/mol. The lowest BCUT2D eigenvalue weighted by atomic mass is 10.1. The molecule has 6 heteroatoms. The third kappa shape index (κ3) is 3.66. The van der Waals surface area contributed by atoms with Gasteiger partial charge in [-0.1, -0.05) is 17.3 Å². The van der Waals surface area contributed by atoms with Crippen molar-refractivity contribution in [1.82, 2.24) is 0 Å². The fourth-order valence-electron chi connectivity index (χ4n) is 1.93. The third-order valence-electron chi connectivity index (χ3n) is 3.03. The van der Waals surface area contributed by atoms with Crippen molar-refractivity contribution in [3.05, 3.63) is 58.1 Å². The second-order valence-electron chi connectivity index (χ2n) is 4.35. The van der Waals surface area contributed by atoms with Crippen molar-refractivity contribution < 1.29 is 9.94 Å². The summed E-state index contributed by atoms with van der Waals surface area (Å²) in [5, 5.41) is 15.1. The van der Waals surface area contributed by atoms with E-state index in [0.29, 0.717) is 12.1 Å². The Hall–Kier alpha value is -2.21. The third-order valence-corrected chi connectivity index (χ3v) is 3.72. The molecule has 0 radical (unpaired) electrons. The van der Waals surface area contributed by atoms with E-state index in [1.54, 1.807) is 19.2 Å². The number of hydrogen-bond donors (Lipinski definition) is 3. The number of ether oxygens (including phenoxy) is 1. The number of para-hydroxylation sites is 1. The highest BCUT2D eigenvalue weighted by Crippen LogP contribution is 2.25. The van der Waals surface area contributed by atoms with E-state index in [9.17, 15) is 0 Å². The summed E-state index contributed by atoms with van der Waals surface area (Å²) >= 11 is 3.49. The Labute approximate surface area is 131 Å². The number of rotatable bonds is 5. The predicted octanol–water partition coefficient (Wildman–Crippen LogP) is 3.16. The molecule has 0 saturated heterocycles. The van der Waals surface area contributed by atoms with Crippen molar-refractivity contribution in [3.8, 4) is 5.75 Å². The van der Waals surface area contributed by atoms with E-state index in [0.717, 1.165) is 21.5 Å². The summed E-state index contributed by atoms with van der Waals surface area (Å²) in [5.41, 5.74) is 8.15. The average molecular weight is 350 g/mol. The molecule has 0 amide bonds. The molecule has 0 bridgehead atoms. The van der Waals surface area contributed by atoms with Gasteiger partial charge in [0.05, 0.1) is 7.11 Å². The monoisotopic (exact) mass is 349 g/mol. The first-order chi connectivity index (χ1) is 10.2. The van der Waals surface area contributed by atoms with Gasteiger partial charge in [-0.2, -0.15) is 0 Å². The largest absolute Gasteiger partial charge is 0.496 e. The molecule has 0 aliphatic carbocycles. The van der Waals surface area contributed by atoms with E-state index in [1.807, 2.05) is 30.3 Å². The van der Waals surface area contributed by atoms with Crippen molar-refractivity contribution >= 4 is 27.5 Å². The Morgan fingerprint density at radius 1 is 1.33 bits per heavy atom. The first-order valence-corrected chi connectivity index (χ1v) is 7.08. The van der Waals surface area contributed by atoms with Gasteiger partial charge in [-0.25, -0.2) is 0 Å². The molecule has 0 heterocycles. The summed E-state index contributed by atoms with van der Waals surface area (Å²) in [6, 6.07) is 13.2. The van der Waals surface area contributed by atoms with Crippen LogP contribution in [0.25, 0.3) is 0 Å². The molecule has 0 saturated carbocycles. The zero-order valence-electron chi connectivity index (χ0n) is 11.5. The van der Waals surface area contributed by atoms with E-state index in [2.05, 4.69) is 26.4 Å². The van der Waals surface area contributed by atoms with Crippen molar-refractivity contribution in [2.24, 2.45) is 10.9 Å². The highest BCUT2D eigenvalue weighted by Gasteiger charge is 2.08. The zero-order valence-corrected chi connectivity index (χ0v) is 13.1. The minimum absolute atomic E-state index is 0.0693. The number of halogens is 1. The van der Waals surface area contributed by atoms with Gasteiger partial charge >= 0.3 is 0 Å². The van der Waals surface area contributed by atoms with Gasteiger partial charge in [0.1, 0.15) is 5.75 Å². The van der Waals surface area contributed by atoms with Gasteiger partial charge < -0.3 is 21.0 Å². The van der Waals surface area contributed by atoms with Crippen molar-refractivity contribution in [1.29, 1.82) is 0 Å². The normalized spacial score (nSPS) is 11.2. The van der Waals surface area contributed by atoms with E-state index in [-0.39, 0.29) is 5.84 Å². The minimum atomic E-state index is 0.0693. The average Bonchev–Trinajstić information content (AvgIpc) is 2.53. The molecule has 0 aromatic heterocycles. The van der Waals surface area contributed by atoms with Crippen molar-refractivity contribution in [2.75, 3.05) is 12.4 Å². The molecule has 2 aromatic rings. The van der Waals surface area contributed by atoms with E-state index in [4.69, 9.17) is 15.7 Å². The Morgan fingerprint density at radius 2 is 2.10 bits per heavy atom. The van der Waals surface area contributed by atoms with Crippen LogP contribution in [0.4, 0.5) is 5.69 Å². The smallest absolute Gasteiger partial charge is 0.170 e. The fraction of sp³-hybridized carbons (Fsp3) is 0.133. The fourth-order valence-corrected chi connectivity index (χ4v) is 2.35. The molecule has 5 nitrogen and oxygen atoms in total. The number of benzene rings is 2. The van der Waals surface area contributed by atoms with Gasteiger partial charge in [0.2, 0.25) is 0 Å². The number of anilines is 1. The van der Waals surface area contributed by atoms with Crippen LogP contribution >= 0.6 is 15.9 Å². The molecule has 0 unspecified atom stereocenters. The van der Waals surface area contributed by atoms with E-state index >= 15 is 0 Å². The predicted molar refractivity (Wildman–Crippen MR) is 87.0 cm³/mol. The first-order valence-electron chi connectivity index (χ1n) is 6.29. The highest BCUT2D eigenvalue weighted by atomic mass is 79.9. The number of hydrogen-bond acceptors (Lipinski definition) is 4. The molecule has 0 spiro atoms. The molecule has 0 fully saturated rings. The molecule has 21 heavy (non-hydrogen) atoms. The Kier molecular flexibility index (Phi) is 5.05. The van der Waals surface area contributed by atoms with Crippen LogP contribution in [0.15, 0.2) is 52.1 Å². The summed E-state index contributed by atoms with van der Waals surface area (Å²) in [4.78, 5) is 0. The lowest BCUT2D eigenvalue weighted by Crippen LogP contribution is -2.14. The summed E-state index contributed by atoms with van der Waals surface area (Å²) in [6.07, 6.45) is 0. The Balaban J connectivity index is 2.24. The summed E-state index contributed by atoms with van der Waals surface area (Å²) in [7, 11) is 1.61. The second kappa shape index (κ2) is 6.99. The number of amidine groups is 1. The van der Waals surface area contributed by atoms with Crippen molar-refractivity contribution in [3.63, 3.8) is 0 Å². The van der Waals surface area contributed by atoms with Crippen LogP contribution in [-0.2, 0) is 6.54 Å². The van der Waals surface area contributed by atoms with Crippen LogP contribution in [0.1, 0.15) is 11.1 Å². The zero-order chi connectivity index (χ0) is 15.2. The first kappa shape index (κ1) is 15.2. The van der Waals surface area contributed by atoms with Crippen LogP contribution in [0.5, 0.6) is 5.75 Å². The number of nitrogens with one attached hydrogen (secondary N) is 1. The summed E-state index contributed by atoms with van der Waals surface area (Å²) < 4.78 is 6.32. The van der Waals surface area contributed by atoms with Crippen LogP contribution in [0.2, 0.25) is 0 Å². The van der Waals surface area contributed by atoms with Gasteiger partial charge in [0.25, 0.3) is 0 Å². The quantitative estimate of drug-likeness (QED) is 0.335. The summed E-state index contributed by atoms with van der Waals surface area (Å²) in [5.74, 6) is 0.809. The van der Waals surface area contributed by atoms with Crippen molar-refractivity contribution in [2.45, 2.75) is 6.54 Å². The number of nitrogens with two attached hydrogens (primary N) is 1. The van der Waals surface area contributed by atoms with Gasteiger partial charge in [0, 0.05) is 27.8 Å². The van der Waals surface area contributed by atoms with Crippen LogP contribution in [0, 0.1) is 0 Å². The van der Waals surface area contributed by atoms with E-state index in [1.165, 1.54) is 0 Å². The molecule has 110 valence electrons. The number of methoxy groups -OCH3 is 1. The second-order valence-corrected chi connectivity index (χ2v) is 5.20.